The zero-order valence-corrected chi connectivity index (χ0v) is 12.1. The molecule has 114 valence electrons. The van der Waals surface area contributed by atoms with E-state index in [-0.39, 0.29) is 11.6 Å². The second kappa shape index (κ2) is 6.21. The van der Waals surface area contributed by atoms with E-state index < -0.39 is 17.3 Å². The minimum Gasteiger partial charge on any atom is -0.469 e. The molecule has 7 nitrogen and oxygen atoms in total. The van der Waals surface area contributed by atoms with Gasteiger partial charge in [0.25, 0.3) is 5.70 Å². The Morgan fingerprint density at radius 3 is 2.64 bits per heavy atom. The van der Waals surface area contributed by atoms with Gasteiger partial charge in [-0.2, -0.15) is 0 Å². The Hall–Kier alpha value is -2.96. The highest BCUT2D eigenvalue weighted by Gasteiger charge is 2.19. The van der Waals surface area contributed by atoms with Gasteiger partial charge in [-0.15, -0.1) is 0 Å². The molecule has 2 aromatic rings. The van der Waals surface area contributed by atoms with E-state index >= 15 is 0 Å². The molecule has 0 aliphatic heterocycles. The smallest absolute Gasteiger partial charge is 0.316 e. The molecule has 0 aliphatic carbocycles. The van der Waals surface area contributed by atoms with Gasteiger partial charge in [-0.25, -0.2) is 0 Å². The van der Waals surface area contributed by atoms with Gasteiger partial charge in [0.1, 0.15) is 6.42 Å². The predicted molar refractivity (Wildman–Crippen MR) is 79.8 cm³/mol. The molecule has 0 saturated carbocycles. The molecule has 0 saturated heterocycles. The Kier molecular flexibility index (Phi) is 4.36. The Balaban J connectivity index is 2.57. The SMILES string of the molecule is COC(=O)C/C(=C\c1cn(C(C)=O)c2ccccc12)[N+](=O)[O-]. The summed E-state index contributed by atoms with van der Waals surface area (Å²) in [6.45, 7) is 1.41. The maximum absolute atomic E-state index is 11.7. The van der Waals surface area contributed by atoms with E-state index in [9.17, 15) is 19.7 Å². The van der Waals surface area contributed by atoms with Crippen molar-refractivity contribution in [2.24, 2.45) is 0 Å². The van der Waals surface area contributed by atoms with Crippen LogP contribution in [0.15, 0.2) is 36.2 Å². The Bertz CT molecular complexity index is 788. The summed E-state index contributed by atoms with van der Waals surface area (Å²) in [5.41, 5.74) is 0.863. The highest BCUT2D eigenvalue weighted by Crippen LogP contribution is 2.24. The molecule has 1 aromatic heterocycles. The zero-order valence-electron chi connectivity index (χ0n) is 12.1. The molecule has 0 aliphatic rings. The molecular formula is C15H14N2O5. The van der Waals surface area contributed by atoms with Crippen LogP contribution in [0, 0.1) is 10.1 Å². The number of carbonyl (C=O) groups excluding carboxylic acids is 2. The quantitative estimate of drug-likeness (QED) is 0.491. The number of methoxy groups -OCH3 is 1. The van der Waals surface area contributed by atoms with Crippen LogP contribution in [0.1, 0.15) is 23.7 Å². The standard InChI is InChI=1S/C15H14N2O5/c1-10(18)16-9-11(13-5-3-4-6-14(13)16)7-12(17(20)21)8-15(19)22-2/h3-7,9H,8H2,1-2H3/b12-7+. The van der Waals surface area contributed by atoms with Crippen LogP contribution >= 0.6 is 0 Å². The average molecular weight is 302 g/mol. The lowest BCUT2D eigenvalue weighted by Crippen LogP contribution is -2.07. The van der Waals surface area contributed by atoms with Crippen molar-refractivity contribution >= 4 is 28.9 Å². The van der Waals surface area contributed by atoms with Crippen LogP contribution in [-0.2, 0) is 9.53 Å². The number of nitrogens with zero attached hydrogens (tertiary/aromatic N) is 2. The molecule has 0 N–H and O–H groups in total. The first-order valence-corrected chi connectivity index (χ1v) is 6.47. The third-order valence-electron chi connectivity index (χ3n) is 3.19. The van der Waals surface area contributed by atoms with Crippen molar-refractivity contribution in [1.82, 2.24) is 4.57 Å². The number of hydrogen-bond donors (Lipinski definition) is 0. The lowest BCUT2D eigenvalue weighted by molar-refractivity contribution is -0.425. The number of esters is 1. The normalized spacial score (nSPS) is 11.5. The molecule has 1 aromatic carbocycles. The number of ether oxygens (including phenoxy) is 1. The lowest BCUT2D eigenvalue weighted by atomic mass is 10.1. The van der Waals surface area contributed by atoms with Gasteiger partial charge in [0, 0.05) is 30.1 Å². The molecule has 22 heavy (non-hydrogen) atoms. The van der Waals surface area contributed by atoms with Crippen molar-refractivity contribution in [2.75, 3.05) is 7.11 Å². The van der Waals surface area contributed by atoms with Crippen LogP contribution in [0.5, 0.6) is 0 Å². The summed E-state index contributed by atoms with van der Waals surface area (Å²) in [5, 5.41) is 11.8. The van der Waals surface area contributed by atoms with Gasteiger partial charge in [-0.05, 0) is 6.07 Å². The van der Waals surface area contributed by atoms with E-state index in [1.54, 1.807) is 24.3 Å². The largest absolute Gasteiger partial charge is 0.469 e. The molecule has 0 unspecified atom stereocenters. The highest BCUT2D eigenvalue weighted by molar-refractivity contribution is 5.97. The van der Waals surface area contributed by atoms with E-state index in [1.165, 1.54) is 30.9 Å². The van der Waals surface area contributed by atoms with E-state index in [0.717, 1.165) is 0 Å². The molecule has 0 bridgehead atoms. The maximum atomic E-state index is 11.7. The van der Waals surface area contributed by atoms with Gasteiger partial charge in [-0.3, -0.25) is 24.3 Å². The van der Waals surface area contributed by atoms with E-state index in [4.69, 9.17) is 0 Å². The lowest BCUT2D eigenvalue weighted by Gasteiger charge is -1.98. The van der Waals surface area contributed by atoms with Crippen molar-refractivity contribution in [1.29, 1.82) is 0 Å². The fourth-order valence-corrected chi connectivity index (χ4v) is 2.15. The zero-order chi connectivity index (χ0) is 16.3. The first-order chi connectivity index (χ1) is 10.4. The van der Waals surface area contributed by atoms with Gasteiger partial charge in [0.15, 0.2) is 0 Å². The molecule has 0 amide bonds. The van der Waals surface area contributed by atoms with E-state index in [2.05, 4.69) is 4.74 Å². The number of rotatable bonds is 4. The number of fused-ring (bicyclic) bond motifs is 1. The first-order valence-electron chi connectivity index (χ1n) is 6.47. The molecule has 0 atom stereocenters. The van der Waals surface area contributed by atoms with Crippen molar-refractivity contribution < 1.29 is 19.2 Å². The van der Waals surface area contributed by atoms with Crippen LogP contribution < -0.4 is 0 Å². The summed E-state index contributed by atoms with van der Waals surface area (Å²) < 4.78 is 5.87. The number of benzene rings is 1. The number of para-hydroxylation sites is 1. The number of carbonyl (C=O) groups is 2. The van der Waals surface area contributed by atoms with Gasteiger partial charge in [0.2, 0.25) is 5.91 Å². The van der Waals surface area contributed by atoms with E-state index in [0.29, 0.717) is 16.5 Å². The highest BCUT2D eigenvalue weighted by atomic mass is 16.6. The summed E-state index contributed by atoms with van der Waals surface area (Å²) in [7, 11) is 1.17. The molecule has 0 spiro atoms. The Labute approximate surface area is 125 Å². The number of nitro groups is 1. The molecule has 7 heteroatoms. The second-order valence-electron chi connectivity index (χ2n) is 4.64. The Morgan fingerprint density at radius 1 is 1.36 bits per heavy atom. The molecule has 0 radical (unpaired) electrons. The van der Waals surface area contributed by atoms with Gasteiger partial charge in [0.05, 0.1) is 17.5 Å². The topological polar surface area (TPSA) is 91.4 Å². The third kappa shape index (κ3) is 3.03. The van der Waals surface area contributed by atoms with Crippen LogP contribution in [0.3, 0.4) is 0 Å². The van der Waals surface area contributed by atoms with Gasteiger partial charge >= 0.3 is 5.97 Å². The summed E-state index contributed by atoms with van der Waals surface area (Å²) in [4.78, 5) is 33.4. The summed E-state index contributed by atoms with van der Waals surface area (Å²) >= 11 is 0. The summed E-state index contributed by atoms with van der Waals surface area (Å²) in [5.74, 6) is -0.898. The monoisotopic (exact) mass is 302 g/mol. The maximum Gasteiger partial charge on any atom is 0.316 e. The first kappa shape index (κ1) is 15.4. The Morgan fingerprint density at radius 2 is 2.05 bits per heavy atom. The summed E-state index contributed by atoms with van der Waals surface area (Å²) in [6, 6.07) is 7.06. The fraction of sp³-hybridized carbons (Fsp3) is 0.200. The van der Waals surface area contributed by atoms with E-state index in [1.807, 2.05) is 0 Å². The van der Waals surface area contributed by atoms with Crippen molar-refractivity contribution in [2.45, 2.75) is 13.3 Å². The van der Waals surface area contributed by atoms with Crippen molar-refractivity contribution in [3.63, 3.8) is 0 Å². The summed E-state index contributed by atoms with van der Waals surface area (Å²) in [6.07, 6.45) is 2.37. The predicted octanol–water partition coefficient (Wildman–Crippen LogP) is 2.48. The molecular weight excluding hydrogens is 288 g/mol. The fourth-order valence-electron chi connectivity index (χ4n) is 2.15. The number of hydrogen-bond acceptors (Lipinski definition) is 5. The number of aromatic nitrogens is 1. The van der Waals surface area contributed by atoms with Crippen LogP contribution in [0.25, 0.3) is 17.0 Å². The molecule has 0 fully saturated rings. The van der Waals surface area contributed by atoms with Crippen LogP contribution in [-0.4, -0.2) is 28.5 Å². The van der Waals surface area contributed by atoms with Crippen LogP contribution in [0.2, 0.25) is 0 Å². The average Bonchev–Trinajstić information content (AvgIpc) is 2.85. The van der Waals surface area contributed by atoms with Gasteiger partial charge < -0.3 is 4.74 Å². The van der Waals surface area contributed by atoms with Crippen molar-refractivity contribution in [3.05, 3.63) is 51.8 Å². The second-order valence-corrected chi connectivity index (χ2v) is 4.64. The van der Waals surface area contributed by atoms with Crippen LogP contribution in [0.4, 0.5) is 0 Å². The minimum atomic E-state index is -0.696. The third-order valence-corrected chi connectivity index (χ3v) is 3.19. The molecule has 2 rings (SSSR count). The minimum absolute atomic E-state index is 0.202. The van der Waals surface area contributed by atoms with Gasteiger partial charge in [-0.1, -0.05) is 18.2 Å². The molecule has 1 heterocycles. The van der Waals surface area contributed by atoms with Crippen molar-refractivity contribution in [3.8, 4) is 0 Å².